The van der Waals surface area contributed by atoms with Crippen molar-refractivity contribution in [1.29, 1.82) is 0 Å². The van der Waals surface area contributed by atoms with Crippen LogP contribution in [0.1, 0.15) is 48.6 Å². The van der Waals surface area contributed by atoms with Crippen LogP contribution in [-0.2, 0) is 10.8 Å². The van der Waals surface area contributed by atoms with E-state index in [1.54, 1.807) is 0 Å². The first-order valence-electron chi connectivity index (χ1n) is 12.7. The van der Waals surface area contributed by atoms with E-state index < -0.39 is 0 Å². The SMILES string of the molecule is CC(C)(C)c1ccc(-c2cc3c(cc2N)C2(c4ccccc4-c4ccccc42)c2ccccc2-3)cc1. The maximum Gasteiger partial charge on any atom is 0.0726 e. The molecule has 5 aromatic carbocycles. The summed E-state index contributed by atoms with van der Waals surface area (Å²) in [5.74, 6) is 0. The Morgan fingerprint density at radius 3 is 1.47 bits per heavy atom. The Hall–Kier alpha value is -4.10. The van der Waals surface area contributed by atoms with Gasteiger partial charge in [-0.2, -0.15) is 0 Å². The van der Waals surface area contributed by atoms with Crippen molar-refractivity contribution in [2.24, 2.45) is 0 Å². The Balaban J connectivity index is 1.52. The van der Waals surface area contributed by atoms with Gasteiger partial charge in [0, 0.05) is 11.3 Å². The third-order valence-corrected chi connectivity index (χ3v) is 8.23. The van der Waals surface area contributed by atoms with Crippen molar-refractivity contribution in [3.05, 3.63) is 137 Å². The lowest BCUT2D eigenvalue weighted by Crippen LogP contribution is -2.26. The van der Waals surface area contributed by atoms with Gasteiger partial charge in [-0.15, -0.1) is 0 Å². The molecule has 2 aliphatic carbocycles. The average molecular weight is 464 g/mol. The highest BCUT2D eigenvalue weighted by Gasteiger charge is 2.51. The van der Waals surface area contributed by atoms with Gasteiger partial charge in [0.15, 0.2) is 0 Å². The summed E-state index contributed by atoms with van der Waals surface area (Å²) in [6, 6.07) is 40.2. The molecule has 7 rings (SSSR count). The fraction of sp³-hybridized carbons (Fsp3) is 0.143. The van der Waals surface area contributed by atoms with Gasteiger partial charge in [0.2, 0.25) is 0 Å². The molecule has 0 saturated heterocycles. The minimum absolute atomic E-state index is 0.122. The number of hydrogen-bond donors (Lipinski definition) is 1. The molecular weight excluding hydrogens is 434 g/mol. The van der Waals surface area contributed by atoms with E-state index in [1.165, 1.54) is 50.1 Å². The van der Waals surface area contributed by atoms with E-state index in [4.69, 9.17) is 5.73 Å². The van der Waals surface area contributed by atoms with Crippen molar-refractivity contribution in [3.63, 3.8) is 0 Å². The fourth-order valence-electron chi connectivity index (χ4n) is 6.55. The number of anilines is 1. The highest BCUT2D eigenvalue weighted by atomic mass is 14.6. The number of hydrogen-bond acceptors (Lipinski definition) is 1. The molecule has 1 spiro atoms. The molecule has 0 saturated carbocycles. The Bertz CT molecular complexity index is 1620. The van der Waals surface area contributed by atoms with Crippen LogP contribution in [0, 0.1) is 0 Å². The highest BCUT2D eigenvalue weighted by Crippen LogP contribution is 2.63. The first kappa shape index (κ1) is 21.2. The van der Waals surface area contributed by atoms with Crippen LogP contribution in [0.2, 0.25) is 0 Å². The molecule has 0 aliphatic heterocycles. The third-order valence-electron chi connectivity index (χ3n) is 8.23. The molecule has 2 N–H and O–H groups in total. The fourth-order valence-corrected chi connectivity index (χ4v) is 6.55. The Morgan fingerprint density at radius 1 is 0.500 bits per heavy atom. The predicted octanol–water partition coefficient (Wildman–Crippen LogP) is 8.58. The zero-order chi connectivity index (χ0) is 24.7. The smallest absolute Gasteiger partial charge is 0.0726 e. The van der Waals surface area contributed by atoms with Gasteiger partial charge in [-0.25, -0.2) is 0 Å². The standard InChI is InChI=1S/C35H29N/c1-34(2,3)23-18-16-22(17-19-23)27-20-28-26-12-6-9-15-31(26)35(32(28)21-33(27)36)29-13-7-4-10-24(29)25-11-5-8-14-30(25)35/h4-21H,36H2,1-3H3. The normalized spacial score (nSPS) is 14.3. The summed E-state index contributed by atoms with van der Waals surface area (Å²) in [6.45, 7) is 6.75. The predicted molar refractivity (Wildman–Crippen MR) is 151 cm³/mol. The molecule has 0 atom stereocenters. The number of fused-ring (bicyclic) bond motifs is 10. The summed E-state index contributed by atoms with van der Waals surface area (Å²) < 4.78 is 0. The van der Waals surface area contributed by atoms with E-state index in [9.17, 15) is 0 Å². The summed E-state index contributed by atoms with van der Waals surface area (Å²) in [4.78, 5) is 0. The molecule has 5 aromatic rings. The van der Waals surface area contributed by atoms with E-state index >= 15 is 0 Å². The van der Waals surface area contributed by atoms with Crippen LogP contribution >= 0.6 is 0 Å². The second-order valence-corrected chi connectivity index (χ2v) is 11.2. The van der Waals surface area contributed by atoms with Gasteiger partial charge < -0.3 is 5.73 Å². The molecule has 0 heterocycles. The quantitative estimate of drug-likeness (QED) is 0.242. The largest absolute Gasteiger partial charge is 0.398 e. The van der Waals surface area contributed by atoms with Gasteiger partial charge in [-0.1, -0.05) is 118 Å². The van der Waals surface area contributed by atoms with Crippen molar-refractivity contribution in [2.45, 2.75) is 31.6 Å². The van der Waals surface area contributed by atoms with Crippen LogP contribution in [-0.4, -0.2) is 0 Å². The minimum Gasteiger partial charge on any atom is -0.398 e. The van der Waals surface area contributed by atoms with Crippen molar-refractivity contribution in [1.82, 2.24) is 0 Å². The highest BCUT2D eigenvalue weighted by molar-refractivity contribution is 5.97. The number of nitrogen functional groups attached to an aromatic ring is 1. The summed E-state index contributed by atoms with van der Waals surface area (Å²) in [6.07, 6.45) is 0. The molecule has 2 aliphatic rings. The summed E-state index contributed by atoms with van der Waals surface area (Å²) >= 11 is 0. The van der Waals surface area contributed by atoms with E-state index in [0.29, 0.717) is 0 Å². The van der Waals surface area contributed by atoms with Crippen molar-refractivity contribution < 1.29 is 0 Å². The van der Waals surface area contributed by atoms with Crippen LogP contribution < -0.4 is 5.73 Å². The van der Waals surface area contributed by atoms with Crippen LogP contribution in [0.3, 0.4) is 0 Å². The first-order chi connectivity index (χ1) is 17.4. The van der Waals surface area contributed by atoms with Gasteiger partial charge >= 0.3 is 0 Å². The Kier molecular flexibility index (Phi) is 4.25. The lowest BCUT2D eigenvalue weighted by molar-refractivity contribution is 0.590. The van der Waals surface area contributed by atoms with Crippen LogP contribution in [0.4, 0.5) is 5.69 Å². The maximum atomic E-state index is 6.88. The van der Waals surface area contributed by atoms with Gasteiger partial charge in [-0.05, 0) is 73.2 Å². The molecular formula is C35H29N. The molecule has 0 aromatic heterocycles. The Morgan fingerprint density at radius 2 is 0.972 bits per heavy atom. The summed E-state index contributed by atoms with van der Waals surface area (Å²) in [7, 11) is 0. The second-order valence-electron chi connectivity index (χ2n) is 11.2. The zero-order valence-electron chi connectivity index (χ0n) is 21.0. The molecule has 0 fully saturated rings. The van der Waals surface area contributed by atoms with Gasteiger partial charge in [0.05, 0.1) is 5.41 Å². The average Bonchev–Trinajstić information content (AvgIpc) is 3.35. The van der Waals surface area contributed by atoms with E-state index in [1.807, 2.05) is 0 Å². The van der Waals surface area contributed by atoms with Crippen molar-refractivity contribution >= 4 is 5.69 Å². The van der Waals surface area contributed by atoms with Gasteiger partial charge in [-0.3, -0.25) is 0 Å². The van der Waals surface area contributed by atoms with Crippen LogP contribution in [0.15, 0.2) is 109 Å². The van der Waals surface area contributed by atoms with E-state index in [-0.39, 0.29) is 10.8 Å². The lowest BCUT2D eigenvalue weighted by atomic mass is 9.70. The first-order valence-corrected chi connectivity index (χ1v) is 12.7. The lowest BCUT2D eigenvalue weighted by Gasteiger charge is -2.30. The second kappa shape index (κ2) is 7.21. The molecule has 0 bridgehead atoms. The topological polar surface area (TPSA) is 26.0 Å². The molecule has 0 amide bonds. The maximum absolute atomic E-state index is 6.88. The molecule has 1 nitrogen and oxygen atoms in total. The molecule has 174 valence electrons. The monoisotopic (exact) mass is 463 g/mol. The number of benzene rings is 5. The molecule has 0 radical (unpaired) electrons. The zero-order valence-corrected chi connectivity index (χ0v) is 21.0. The van der Waals surface area contributed by atoms with Gasteiger partial charge in [0.25, 0.3) is 0 Å². The Labute approximate surface area is 213 Å². The van der Waals surface area contributed by atoms with Gasteiger partial charge in [0.1, 0.15) is 0 Å². The minimum atomic E-state index is -0.345. The number of nitrogens with two attached hydrogens (primary N) is 1. The van der Waals surface area contributed by atoms with Crippen LogP contribution in [0.5, 0.6) is 0 Å². The number of rotatable bonds is 1. The van der Waals surface area contributed by atoms with Crippen molar-refractivity contribution in [3.8, 4) is 33.4 Å². The molecule has 0 unspecified atom stereocenters. The van der Waals surface area contributed by atoms with Crippen LogP contribution in [0.25, 0.3) is 33.4 Å². The molecule has 36 heavy (non-hydrogen) atoms. The van der Waals surface area contributed by atoms with Crippen molar-refractivity contribution in [2.75, 3.05) is 5.73 Å². The van der Waals surface area contributed by atoms with E-state index in [0.717, 1.165) is 16.8 Å². The summed E-state index contributed by atoms with van der Waals surface area (Å²) in [5.41, 5.74) is 21.6. The summed E-state index contributed by atoms with van der Waals surface area (Å²) in [5, 5.41) is 0. The third kappa shape index (κ3) is 2.66. The van der Waals surface area contributed by atoms with E-state index in [2.05, 4.69) is 130 Å². The molecule has 1 heteroatoms.